The highest BCUT2D eigenvalue weighted by atomic mass is 32.1. The largest absolute Gasteiger partial charge is 0.354 e. The molecule has 0 unspecified atom stereocenters. The molecule has 2 aromatic heterocycles. The molecule has 0 radical (unpaired) electrons. The molecule has 4 nitrogen and oxygen atoms in total. The number of hydrogen-bond acceptors (Lipinski definition) is 3. The summed E-state index contributed by atoms with van der Waals surface area (Å²) >= 11 is 1.67. The maximum Gasteiger partial charge on any atom is 0.254 e. The van der Waals surface area contributed by atoms with E-state index in [-0.39, 0.29) is 5.91 Å². The van der Waals surface area contributed by atoms with Crippen molar-refractivity contribution in [3.63, 3.8) is 0 Å². The number of aliphatic imine (C=N–C) groups is 1. The lowest BCUT2D eigenvalue weighted by Crippen LogP contribution is -2.24. The van der Waals surface area contributed by atoms with Gasteiger partial charge in [-0.1, -0.05) is 78.9 Å². The Morgan fingerprint density at radius 1 is 0.917 bits per heavy atom. The summed E-state index contributed by atoms with van der Waals surface area (Å²) < 4.78 is 0. The van der Waals surface area contributed by atoms with Crippen LogP contribution in [0.3, 0.4) is 0 Å². The smallest absolute Gasteiger partial charge is 0.254 e. The molecule has 1 aliphatic carbocycles. The van der Waals surface area contributed by atoms with Crippen molar-refractivity contribution in [2.75, 3.05) is 0 Å². The van der Waals surface area contributed by atoms with E-state index in [2.05, 4.69) is 40.6 Å². The molecule has 0 spiro atoms. The minimum atomic E-state index is -0.0346. The molecule has 36 heavy (non-hydrogen) atoms. The molecule has 2 N–H and O–H groups in total. The summed E-state index contributed by atoms with van der Waals surface area (Å²) in [6, 6.07) is 28.7. The summed E-state index contributed by atoms with van der Waals surface area (Å²) in [4.78, 5) is 23.3. The number of para-hydroxylation sites is 1. The van der Waals surface area contributed by atoms with Crippen molar-refractivity contribution in [3.8, 4) is 11.3 Å². The number of carbonyl (C=O) groups excluding carboxylic acids is 1. The third-order valence-corrected chi connectivity index (χ3v) is 8.00. The topological polar surface area (TPSA) is 57.2 Å². The van der Waals surface area contributed by atoms with Gasteiger partial charge in [-0.3, -0.25) is 4.79 Å². The summed E-state index contributed by atoms with van der Waals surface area (Å²) in [7, 11) is 0. The monoisotopic (exact) mass is 489 g/mol. The number of aromatic amines is 1. The fraction of sp³-hybridized carbons (Fsp3) is 0.161. The van der Waals surface area contributed by atoms with Crippen molar-refractivity contribution in [3.05, 3.63) is 112 Å². The van der Waals surface area contributed by atoms with E-state index >= 15 is 0 Å². The Hall–Kier alpha value is -3.96. The van der Waals surface area contributed by atoms with Gasteiger partial charge in [0.1, 0.15) is 5.00 Å². The van der Waals surface area contributed by atoms with Crippen LogP contribution in [-0.4, -0.2) is 17.1 Å². The molecule has 1 amide bonds. The fourth-order valence-electron chi connectivity index (χ4n) is 5.00. The minimum absolute atomic E-state index is 0.0346. The van der Waals surface area contributed by atoms with Crippen molar-refractivity contribution in [2.45, 2.75) is 32.2 Å². The Morgan fingerprint density at radius 2 is 1.64 bits per heavy atom. The Balaban J connectivity index is 1.39. The van der Waals surface area contributed by atoms with Gasteiger partial charge in [-0.15, -0.1) is 11.3 Å². The normalized spacial score (nSPS) is 13.2. The third kappa shape index (κ3) is 4.38. The molecule has 0 aliphatic heterocycles. The zero-order valence-electron chi connectivity index (χ0n) is 20.0. The van der Waals surface area contributed by atoms with Crippen LogP contribution in [-0.2, 0) is 19.4 Å². The van der Waals surface area contributed by atoms with Gasteiger partial charge in [-0.05, 0) is 48.4 Å². The minimum Gasteiger partial charge on any atom is -0.354 e. The standard InChI is InChI=1S/C31H27N3OS/c35-30(32-19-21-11-3-1-4-12-21)28-24-16-8-10-18-27(24)36-31(28)33-20-25-23-15-7-9-17-26(23)34-29(25)22-13-5-2-6-14-22/h1-7,9,11-15,17,20,34H,8,10,16,18-19H2,(H,32,35). The van der Waals surface area contributed by atoms with Crippen LogP contribution in [0.25, 0.3) is 22.2 Å². The molecule has 0 fully saturated rings. The molecule has 2 heterocycles. The van der Waals surface area contributed by atoms with Crippen molar-refractivity contribution in [2.24, 2.45) is 4.99 Å². The van der Waals surface area contributed by atoms with E-state index in [1.165, 1.54) is 16.9 Å². The number of rotatable bonds is 6. The summed E-state index contributed by atoms with van der Waals surface area (Å²) in [5.41, 5.74) is 7.29. The highest BCUT2D eigenvalue weighted by Gasteiger charge is 2.25. The molecule has 0 bridgehead atoms. The molecule has 6 rings (SSSR count). The van der Waals surface area contributed by atoms with Crippen molar-refractivity contribution in [1.29, 1.82) is 0 Å². The van der Waals surface area contributed by atoms with E-state index in [0.717, 1.165) is 63.1 Å². The summed E-state index contributed by atoms with van der Waals surface area (Å²) in [5, 5.41) is 5.06. The first-order valence-corrected chi connectivity index (χ1v) is 13.3. The second-order valence-corrected chi connectivity index (χ2v) is 10.2. The van der Waals surface area contributed by atoms with E-state index < -0.39 is 0 Å². The van der Waals surface area contributed by atoms with E-state index in [1.54, 1.807) is 11.3 Å². The number of nitrogens with zero attached hydrogens (tertiary/aromatic N) is 1. The molecule has 3 aromatic carbocycles. The van der Waals surface area contributed by atoms with E-state index in [4.69, 9.17) is 4.99 Å². The van der Waals surface area contributed by atoms with Crippen LogP contribution in [0, 0.1) is 0 Å². The van der Waals surface area contributed by atoms with Crippen LogP contribution in [0.4, 0.5) is 5.00 Å². The molecular formula is C31H27N3OS. The average molecular weight is 490 g/mol. The maximum atomic E-state index is 13.4. The Morgan fingerprint density at radius 3 is 2.47 bits per heavy atom. The van der Waals surface area contributed by atoms with Crippen LogP contribution < -0.4 is 5.32 Å². The first-order chi connectivity index (χ1) is 17.8. The van der Waals surface area contributed by atoms with E-state index in [9.17, 15) is 4.79 Å². The number of aromatic nitrogens is 1. The van der Waals surface area contributed by atoms with Crippen molar-refractivity contribution >= 4 is 39.4 Å². The van der Waals surface area contributed by atoms with E-state index in [0.29, 0.717) is 6.54 Å². The van der Waals surface area contributed by atoms with E-state index in [1.807, 2.05) is 60.8 Å². The number of H-pyrrole nitrogens is 1. The lowest BCUT2D eigenvalue weighted by atomic mass is 9.95. The maximum absolute atomic E-state index is 13.4. The van der Waals surface area contributed by atoms with Crippen molar-refractivity contribution < 1.29 is 4.79 Å². The average Bonchev–Trinajstić information content (AvgIpc) is 3.50. The van der Waals surface area contributed by atoms with Crippen LogP contribution in [0.15, 0.2) is 89.9 Å². The van der Waals surface area contributed by atoms with Gasteiger partial charge in [-0.25, -0.2) is 4.99 Å². The fourth-order valence-corrected chi connectivity index (χ4v) is 6.23. The molecule has 0 saturated heterocycles. The number of fused-ring (bicyclic) bond motifs is 2. The first-order valence-electron chi connectivity index (χ1n) is 12.4. The number of nitrogens with one attached hydrogen (secondary N) is 2. The van der Waals surface area contributed by atoms with Gasteiger partial charge in [0.25, 0.3) is 5.91 Å². The molecule has 1 aliphatic rings. The van der Waals surface area contributed by atoms with Gasteiger partial charge < -0.3 is 10.3 Å². The van der Waals surface area contributed by atoms with Gasteiger partial charge in [0, 0.05) is 34.1 Å². The molecule has 0 atom stereocenters. The van der Waals surface area contributed by atoms with Gasteiger partial charge >= 0.3 is 0 Å². The summed E-state index contributed by atoms with van der Waals surface area (Å²) in [5.74, 6) is -0.0346. The van der Waals surface area contributed by atoms with Gasteiger partial charge in [0.2, 0.25) is 0 Å². The van der Waals surface area contributed by atoms with Crippen LogP contribution >= 0.6 is 11.3 Å². The number of aryl methyl sites for hydroxylation is 1. The predicted molar refractivity (Wildman–Crippen MR) is 150 cm³/mol. The van der Waals surface area contributed by atoms with Gasteiger partial charge in [-0.2, -0.15) is 0 Å². The van der Waals surface area contributed by atoms with Crippen molar-refractivity contribution in [1.82, 2.24) is 10.3 Å². The third-order valence-electron chi connectivity index (χ3n) is 6.80. The lowest BCUT2D eigenvalue weighted by Gasteiger charge is -2.12. The molecular weight excluding hydrogens is 462 g/mol. The Bertz CT molecular complexity index is 1550. The molecule has 5 heteroatoms. The van der Waals surface area contributed by atoms with Gasteiger partial charge in [0.15, 0.2) is 0 Å². The van der Waals surface area contributed by atoms with Crippen LogP contribution in [0.1, 0.15) is 44.8 Å². The molecule has 178 valence electrons. The number of amides is 1. The Labute approximate surface area is 214 Å². The second kappa shape index (κ2) is 9.96. The lowest BCUT2D eigenvalue weighted by molar-refractivity contribution is 0.0951. The number of hydrogen-bond donors (Lipinski definition) is 2. The van der Waals surface area contributed by atoms with Gasteiger partial charge in [0.05, 0.1) is 11.3 Å². The Kier molecular flexibility index (Phi) is 6.22. The highest BCUT2D eigenvalue weighted by Crippen LogP contribution is 2.40. The SMILES string of the molecule is O=C(NCc1ccccc1)c1c(N=Cc2c(-c3ccccc3)[nH]c3ccccc23)sc2c1CCCC2. The number of carbonyl (C=O) groups is 1. The zero-order chi connectivity index (χ0) is 24.3. The zero-order valence-corrected chi connectivity index (χ0v) is 20.8. The first kappa shape index (κ1) is 22.5. The quantitative estimate of drug-likeness (QED) is 0.239. The summed E-state index contributed by atoms with van der Waals surface area (Å²) in [6.45, 7) is 0.508. The molecule has 0 saturated carbocycles. The highest BCUT2D eigenvalue weighted by molar-refractivity contribution is 7.16. The molecule has 5 aromatic rings. The van der Waals surface area contributed by atoms with Crippen LogP contribution in [0.5, 0.6) is 0 Å². The summed E-state index contributed by atoms with van der Waals surface area (Å²) in [6.07, 6.45) is 6.19. The number of thiophene rings is 1. The number of benzene rings is 3. The van der Waals surface area contributed by atoms with Crippen LogP contribution in [0.2, 0.25) is 0 Å². The second-order valence-electron chi connectivity index (χ2n) is 9.14. The predicted octanol–water partition coefficient (Wildman–Crippen LogP) is 7.46.